The molecule has 0 saturated carbocycles. The Hall–Kier alpha value is -2.57. The summed E-state index contributed by atoms with van der Waals surface area (Å²) in [5.41, 5.74) is 1.18. The van der Waals surface area contributed by atoms with Gasteiger partial charge < -0.3 is 14.7 Å². The molecule has 2 aliphatic rings. The molecule has 0 radical (unpaired) electrons. The van der Waals surface area contributed by atoms with E-state index in [0.717, 1.165) is 31.8 Å². The lowest BCUT2D eigenvalue weighted by Crippen LogP contribution is -2.64. The summed E-state index contributed by atoms with van der Waals surface area (Å²) in [6, 6.07) is 9.32. The highest BCUT2D eigenvalue weighted by Gasteiger charge is 2.49. The summed E-state index contributed by atoms with van der Waals surface area (Å²) < 4.78 is 0. The predicted octanol–water partition coefficient (Wildman–Crippen LogP) is 1.86. The highest BCUT2D eigenvalue weighted by atomic mass is 16.2. The van der Waals surface area contributed by atoms with Gasteiger partial charge in [-0.05, 0) is 12.0 Å². The van der Waals surface area contributed by atoms with E-state index in [4.69, 9.17) is 4.99 Å². The van der Waals surface area contributed by atoms with Crippen molar-refractivity contribution >= 4 is 17.9 Å². The SMILES string of the molecule is CCCCCN1C(N(C)Cc2ccccc2)=NC2C1C(=O)NC(=O)N2C. The van der Waals surface area contributed by atoms with Crippen LogP contribution in [-0.2, 0) is 11.3 Å². The summed E-state index contributed by atoms with van der Waals surface area (Å²) in [5.74, 6) is 0.512. The molecule has 1 aromatic carbocycles. The number of nitrogens with zero attached hydrogens (tertiary/aromatic N) is 4. The van der Waals surface area contributed by atoms with E-state index in [1.165, 1.54) is 10.5 Å². The Bertz CT molecular complexity index is 690. The number of fused-ring (bicyclic) bond motifs is 1. The molecule has 7 heteroatoms. The van der Waals surface area contributed by atoms with Crippen LogP contribution < -0.4 is 5.32 Å². The maximum absolute atomic E-state index is 12.5. The lowest BCUT2D eigenvalue weighted by Gasteiger charge is -2.37. The molecule has 2 atom stereocenters. The first-order chi connectivity index (χ1) is 12.5. The molecule has 2 aliphatic heterocycles. The van der Waals surface area contributed by atoms with Gasteiger partial charge in [-0.15, -0.1) is 0 Å². The summed E-state index contributed by atoms with van der Waals surface area (Å²) in [6.45, 7) is 3.61. The number of aliphatic imine (C=N–C) groups is 1. The van der Waals surface area contributed by atoms with Crippen molar-refractivity contribution in [1.82, 2.24) is 20.0 Å². The third-order valence-electron chi connectivity index (χ3n) is 4.95. The number of carbonyl (C=O) groups excluding carboxylic acids is 2. The lowest BCUT2D eigenvalue weighted by atomic mass is 10.1. The number of likely N-dealkylation sites (N-methyl/N-ethyl adjacent to an activating group) is 1. The highest BCUT2D eigenvalue weighted by Crippen LogP contribution is 2.26. The zero-order valence-electron chi connectivity index (χ0n) is 15.7. The van der Waals surface area contributed by atoms with Crippen molar-refractivity contribution in [3.05, 3.63) is 35.9 Å². The van der Waals surface area contributed by atoms with Crippen LogP contribution in [0.1, 0.15) is 31.7 Å². The van der Waals surface area contributed by atoms with E-state index in [-0.39, 0.29) is 11.9 Å². The van der Waals surface area contributed by atoms with Gasteiger partial charge in [0.25, 0.3) is 5.91 Å². The molecule has 1 aromatic rings. The largest absolute Gasteiger partial charge is 0.341 e. The maximum atomic E-state index is 12.5. The van der Waals surface area contributed by atoms with Crippen LogP contribution in [0.15, 0.2) is 35.3 Å². The van der Waals surface area contributed by atoms with Gasteiger partial charge in [-0.25, -0.2) is 9.79 Å². The van der Waals surface area contributed by atoms with Crippen molar-refractivity contribution < 1.29 is 9.59 Å². The molecule has 1 saturated heterocycles. The molecule has 2 heterocycles. The van der Waals surface area contributed by atoms with Crippen LogP contribution in [0.25, 0.3) is 0 Å². The molecule has 3 rings (SSSR count). The lowest BCUT2D eigenvalue weighted by molar-refractivity contribution is -0.127. The second kappa shape index (κ2) is 7.76. The molecule has 1 N–H and O–H groups in total. The third-order valence-corrected chi connectivity index (χ3v) is 4.95. The summed E-state index contributed by atoms with van der Waals surface area (Å²) in [7, 11) is 3.67. The van der Waals surface area contributed by atoms with Gasteiger partial charge in [0.05, 0.1) is 0 Å². The fourth-order valence-corrected chi connectivity index (χ4v) is 3.53. The van der Waals surface area contributed by atoms with E-state index in [0.29, 0.717) is 6.54 Å². The minimum Gasteiger partial charge on any atom is -0.341 e. The Morgan fingerprint density at radius 3 is 2.62 bits per heavy atom. The number of hydrogen-bond acceptors (Lipinski definition) is 5. The van der Waals surface area contributed by atoms with Crippen LogP contribution >= 0.6 is 0 Å². The molecule has 0 bridgehead atoms. The van der Waals surface area contributed by atoms with Crippen LogP contribution in [0.2, 0.25) is 0 Å². The minimum absolute atomic E-state index is 0.263. The first kappa shape index (κ1) is 18.2. The van der Waals surface area contributed by atoms with E-state index in [1.807, 2.05) is 25.2 Å². The van der Waals surface area contributed by atoms with Crippen molar-refractivity contribution in [1.29, 1.82) is 0 Å². The average molecular weight is 357 g/mol. The van der Waals surface area contributed by atoms with E-state index < -0.39 is 12.2 Å². The number of nitrogens with one attached hydrogen (secondary N) is 1. The van der Waals surface area contributed by atoms with Crippen molar-refractivity contribution in [3.63, 3.8) is 0 Å². The molecule has 2 unspecified atom stereocenters. The van der Waals surface area contributed by atoms with Gasteiger partial charge in [-0.3, -0.25) is 10.1 Å². The number of carbonyl (C=O) groups is 2. The Balaban J connectivity index is 1.84. The van der Waals surface area contributed by atoms with E-state index in [9.17, 15) is 9.59 Å². The number of imide groups is 1. The first-order valence-electron chi connectivity index (χ1n) is 9.20. The van der Waals surface area contributed by atoms with Crippen LogP contribution in [0.4, 0.5) is 4.79 Å². The molecule has 0 aromatic heterocycles. The summed E-state index contributed by atoms with van der Waals surface area (Å²) in [6.07, 6.45) is 2.73. The van der Waals surface area contributed by atoms with E-state index in [2.05, 4.69) is 34.2 Å². The van der Waals surface area contributed by atoms with Gasteiger partial charge in [0, 0.05) is 27.2 Å². The van der Waals surface area contributed by atoms with Crippen LogP contribution in [0.3, 0.4) is 0 Å². The van der Waals surface area contributed by atoms with Gasteiger partial charge >= 0.3 is 6.03 Å². The zero-order valence-corrected chi connectivity index (χ0v) is 15.7. The monoisotopic (exact) mass is 357 g/mol. The fourth-order valence-electron chi connectivity index (χ4n) is 3.53. The smallest absolute Gasteiger partial charge is 0.325 e. The van der Waals surface area contributed by atoms with Crippen LogP contribution in [0.5, 0.6) is 0 Å². The Morgan fingerprint density at radius 1 is 1.19 bits per heavy atom. The van der Waals surface area contributed by atoms with Crippen LogP contribution in [0, 0.1) is 0 Å². The maximum Gasteiger partial charge on any atom is 0.325 e. The number of hydrogen-bond donors (Lipinski definition) is 1. The fraction of sp³-hybridized carbons (Fsp3) is 0.526. The number of unbranched alkanes of at least 4 members (excludes halogenated alkanes) is 2. The summed E-state index contributed by atoms with van der Waals surface area (Å²) in [4.78, 5) is 34.9. The van der Waals surface area contributed by atoms with Crippen LogP contribution in [-0.4, -0.2) is 65.4 Å². The number of amides is 3. The predicted molar refractivity (Wildman–Crippen MR) is 100 cm³/mol. The van der Waals surface area contributed by atoms with Gasteiger partial charge in [0.15, 0.2) is 18.2 Å². The van der Waals surface area contributed by atoms with E-state index in [1.54, 1.807) is 7.05 Å². The van der Waals surface area contributed by atoms with Crippen molar-refractivity contribution in [2.75, 3.05) is 20.6 Å². The van der Waals surface area contributed by atoms with Gasteiger partial charge in [0.2, 0.25) is 0 Å². The quantitative estimate of drug-likeness (QED) is 0.789. The molecule has 140 valence electrons. The number of benzene rings is 1. The normalized spacial score (nSPS) is 22.2. The number of rotatable bonds is 6. The Morgan fingerprint density at radius 2 is 1.92 bits per heavy atom. The first-order valence-corrected chi connectivity index (χ1v) is 9.20. The molecule has 7 nitrogen and oxygen atoms in total. The molecule has 0 aliphatic carbocycles. The average Bonchev–Trinajstić information content (AvgIpc) is 3.01. The highest BCUT2D eigenvalue weighted by molar-refractivity contribution is 6.03. The van der Waals surface area contributed by atoms with E-state index >= 15 is 0 Å². The minimum atomic E-state index is -0.467. The third kappa shape index (κ3) is 3.52. The number of guanidine groups is 1. The second-order valence-electron chi connectivity index (χ2n) is 6.94. The van der Waals surface area contributed by atoms with Crippen molar-refractivity contribution in [3.8, 4) is 0 Å². The molecular weight excluding hydrogens is 330 g/mol. The van der Waals surface area contributed by atoms with Gasteiger partial charge in [-0.1, -0.05) is 50.1 Å². The molecular formula is C19H27N5O2. The van der Waals surface area contributed by atoms with Crippen molar-refractivity contribution in [2.24, 2.45) is 4.99 Å². The molecule has 1 fully saturated rings. The Kier molecular flexibility index (Phi) is 5.44. The van der Waals surface area contributed by atoms with Crippen molar-refractivity contribution in [2.45, 2.75) is 44.9 Å². The zero-order chi connectivity index (χ0) is 18.7. The second-order valence-corrected chi connectivity index (χ2v) is 6.94. The van der Waals surface area contributed by atoms with Gasteiger partial charge in [0.1, 0.15) is 0 Å². The molecule has 3 amide bonds. The standard InChI is InChI=1S/C19H27N5O2/c1-4-5-9-12-24-15-16(23(3)19(26)21-17(15)25)20-18(24)22(2)13-14-10-7-6-8-11-14/h6-8,10-11,15-16H,4-5,9,12-13H2,1-3H3,(H,21,25,26). The molecule has 26 heavy (non-hydrogen) atoms. The topological polar surface area (TPSA) is 68.2 Å². The summed E-state index contributed by atoms with van der Waals surface area (Å²) in [5, 5.41) is 2.44. The number of urea groups is 1. The Labute approximate surface area is 154 Å². The molecule has 0 spiro atoms. The van der Waals surface area contributed by atoms with Gasteiger partial charge in [-0.2, -0.15) is 0 Å². The summed E-state index contributed by atoms with van der Waals surface area (Å²) >= 11 is 0.